The molecule has 0 spiro atoms. The first-order chi connectivity index (χ1) is 20.0. The molecule has 5 rings (SSSR count). The third kappa shape index (κ3) is 13.5. The summed E-state index contributed by atoms with van der Waals surface area (Å²) >= 11 is 0. The number of rotatable bonds is 8. The van der Waals surface area contributed by atoms with Crippen LogP contribution in [0.15, 0.2) is 146 Å². The Hall–Kier alpha value is -3.36. The van der Waals surface area contributed by atoms with Crippen molar-refractivity contribution in [3.63, 3.8) is 0 Å². The molecule has 1 atom stereocenters. The summed E-state index contributed by atoms with van der Waals surface area (Å²) < 4.78 is 12.8. The van der Waals surface area contributed by atoms with E-state index in [1.165, 1.54) is 29.8 Å². The van der Waals surface area contributed by atoms with E-state index < -0.39 is 19.6 Å². The smallest absolute Gasteiger partial charge is 0.0767 e. The molecule has 0 amide bonds. The van der Waals surface area contributed by atoms with Crippen molar-refractivity contribution in [1.82, 2.24) is 0 Å². The fourth-order valence-corrected chi connectivity index (χ4v) is 6.35. The van der Waals surface area contributed by atoms with Gasteiger partial charge in [0.2, 0.25) is 0 Å². The van der Waals surface area contributed by atoms with Crippen LogP contribution in [0.3, 0.4) is 0 Å². The van der Waals surface area contributed by atoms with Crippen LogP contribution in [0.5, 0.6) is 0 Å². The Labute approximate surface area is 262 Å². The molecule has 1 radical (unpaired) electrons. The molecule has 0 heterocycles. The van der Waals surface area contributed by atoms with Crippen molar-refractivity contribution in [2.24, 2.45) is 0 Å². The first kappa shape index (κ1) is 36.7. The molecule has 0 unspecified atom stereocenters. The van der Waals surface area contributed by atoms with Crippen molar-refractivity contribution in [2.75, 3.05) is 0 Å². The van der Waals surface area contributed by atoms with Gasteiger partial charge in [-0.25, -0.2) is 6.29 Å². The molecule has 0 saturated heterocycles. The van der Waals surface area contributed by atoms with E-state index in [2.05, 4.69) is 97.6 Å². The van der Waals surface area contributed by atoms with Crippen molar-refractivity contribution >= 4 is 30.1 Å². The molecule has 0 bridgehead atoms. The maximum atomic E-state index is 10.6. The van der Waals surface area contributed by atoms with Crippen molar-refractivity contribution in [3.05, 3.63) is 164 Å². The second-order valence-corrected chi connectivity index (χ2v) is 11.9. The summed E-state index contributed by atoms with van der Waals surface area (Å²) in [6.45, 7) is 7.84. The molecule has 0 aromatic heterocycles. The van der Waals surface area contributed by atoms with Crippen LogP contribution >= 0.6 is 7.92 Å². The van der Waals surface area contributed by atoms with Crippen LogP contribution in [-0.2, 0) is 37.9 Å². The Bertz CT molecular complexity index is 1220. The quantitative estimate of drug-likeness (QED) is 0.116. The van der Waals surface area contributed by atoms with Gasteiger partial charge in [-0.1, -0.05) is 109 Å². The molecule has 4 aromatic rings. The molecule has 0 aliphatic heterocycles. The predicted octanol–water partition coefficient (Wildman–Crippen LogP) is 5.91. The van der Waals surface area contributed by atoms with Crippen LogP contribution in [0.4, 0.5) is 0 Å². The monoisotopic (exact) mass is 619 g/mol. The van der Waals surface area contributed by atoms with Crippen LogP contribution in [-0.4, -0.2) is 23.1 Å². The van der Waals surface area contributed by atoms with E-state index >= 15 is 0 Å². The van der Waals surface area contributed by atoms with Gasteiger partial charge in [-0.15, -0.1) is 0 Å². The summed E-state index contributed by atoms with van der Waals surface area (Å²) in [6, 6.07) is 42.0. The van der Waals surface area contributed by atoms with Crippen LogP contribution in [0.25, 0.3) is 0 Å². The largest absolute Gasteiger partial charge is 0.102 e. The van der Waals surface area contributed by atoms with E-state index in [1.807, 2.05) is 61.1 Å². The van der Waals surface area contributed by atoms with E-state index in [9.17, 15) is 9.90 Å². The summed E-state index contributed by atoms with van der Waals surface area (Å²) in [5.74, 6) is 0. The van der Waals surface area contributed by atoms with Gasteiger partial charge in [0.25, 0.3) is 0 Å². The van der Waals surface area contributed by atoms with E-state index in [0.717, 1.165) is 5.56 Å². The zero-order chi connectivity index (χ0) is 29.8. The average molecular weight is 619 g/mol. The van der Waals surface area contributed by atoms with Crippen LogP contribution < -0.4 is 15.9 Å². The summed E-state index contributed by atoms with van der Waals surface area (Å²) in [5.41, 5.74) is -0.238. The van der Waals surface area contributed by atoms with E-state index in [4.69, 9.17) is 9.39 Å². The molecule has 4 aromatic carbocycles. The Morgan fingerprint density at radius 3 is 1.36 bits per heavy atom. The molecular weight excluding hydrogens is 583 g/mol. The van der Waals surface area contributed by atoms with Crippen molar-refractivity contribution < 1.29 is 36.4 Å². The molecule has 42 heavy (non-hydrogen) atoms. The third-order valence-electron chi connectivity index (χ3n) is 5.75. The topological polar surface area (TPSA) is 66.4 Å². The van der Waals surface area contributed by atoms with Gasteiger partial charge < -0.3 is 14.6 Å². The maximum absolute atomic E-state index is 10.6. The molecule has 1 N–H and O–H groups in total. The minimum atomic E-state index is -1.20. The molecular formula is C36H36FeO4P. The summed E-state index contributed by atoms with van der Waals surface area (Å²) in [7, 11) is -0.877. The zero-order valence-corrected chi connectivity index (χ0v) is 25.8. The maximum Gasteiger partial charge on any atom is 0.102 e. The number of hydrogen-bond acceptors (Lipinski definition) is 3. The fraction of sp³-hybridized carbons (Fsp3) is 0.139. The Kier molecular flexibility index (Phi) is 18.6. The average Bonchev–Trinajstić information content (AvgIpc) is 3.61. The van der Waals surface area contributed by atoms with Gasteiger partial charge in [0.15, 0.2) is 0 Å². The van der Waals surface area contributed by atoms with Gasteiger partial charge in [-0.3, -0.25) is 0 Å². The summed E-state index contributed by atoms with van der Waals surface area (Å²) in [5, 5.41) is 13.9. The Morgan fingerprint density at radius 2 is 1.07 bits per heavy atom. The normalized spacial score (nSPS) is 11.8. The van der Waals surface area contributed by atoms with Gasteiger partial charge in [0.1, 0.15) is 15.9 Å². The van der Waals surface area contributed by atoms with Gasteiger partial charge >= 0.3 is 11.3 Å². The SMILES string of the molecule is CC(C)(O)[C@@H]([C-]=O)OCc1ccccc1.[C-]#[O+].[CH]1C=CC=C1.[Fe].c1ccc([PH+](c2ccccc2)c2ccccc2)cc1. The van der Waals surface area contributed by atoms with Gasteiger partial charge in [0, 0.05) is 23.5 Å². The van der Waals surface area contributed by atoms with E-state index in [1.54, 1.807) is 6.29 Å². The standard InChI is InChI=1S/C18H15P.C12H15O3.C5H5.CO.Fe/c1-4-10-16(11-5-1)19(17-12-6-2-7-13-17)18-14-8-3-9-15-18;1-12(2,14)11(8-13)15-9-10-6-4-3-5-7-10;1-2-4-5-3-1;1-2;/h1-15H;3-7,11,14H,9H2,1-2H3;1-5H;;/q;-1;;;/p+1/t;11-;;;/m.1.../s1. The number of allylic oxidation sites excluding steroid dienone is 4. The molecule has 1 aliphatic carbocycles. The predicted molar refractivity (Wildman–Crippen MR) is 170 cm³/mol. The van der Waals surface area contributed by atoms with E-state index in [-0.39, 0.29) is 17.1 Å². The Balaban J connectivity index is 0.000000342. The fourth-order valence-electron chi connectivity index (χ4n) is 3.77. The second-order valence-electron chi connectivity index (χ2n) is 9.38. The third-order valence-corrected chi connectivity index (χ3v) is 8.48. The number of aliphatic hydroxyl groups is 1. The number of benzene rings is 4. The van der Waals surface area contributed by atoms with Crippen LogP contribution in [0.1, 0.15) is 19.4 Å². The molecule has 0 saturated carbocycles. The summed E-state index contributed by atoms with van der Waals surface area (Å²) in [4.78, 5) is 10.6. The van der Waals surface area contributed by atoms with Crippen molar-refractivity contribution in [1.29, 1.82) is 0 Å². The van der Waals surface area contributed by atoms with Gasteiger partial charge in [-0.2, -0.15) is 0 Å². The Morgan fingerprint density at radius 1 is 0.714 bits per heavy atom. The minimum absolute atomic E-state index is 0. The molecule has 0 fully saturated rings. The van der Waals surface area contributed by atoms with Crippen molar-refractivity contribution in [2.45, 2.75) is 32.2 Å². The van der Waals surface area contributed by atoms with Gasteiger partial charge in [0.05, 0.1) is 20.1 Å². The first-order valence-electron chi connectivity index (χ1n) is 13.1. The number of ether oxygens (including phenoxy) is 1. The van der Waals surface area contributed by atoms with Crippen molar-refractivity contribution in [3.8, 4) is 0 Å². The second kappa shape index (κ2) is 21.4. The molecule has 1 aliphatic rings. The van der Waals surface area contributed by atoms with Crippen LogP contribution in [0, 0.1) is 13.1 Å². The molecule has 217 valence electrons. The molecule has 4 nitrogen and oxygen atoms in total. The molecule has 6 heteroatoms. The number of carbonyl (C=O) groups excluding carboxylic acids is 1. The van der Waals surface area contributed by atoms with Crippen LogP contribution in [0.2, 0.25) is 0 Å². The van der Waals surface area contributed by atoms with E-state index in [0.29, 0.717) is 6.61 Å². The number of hydrogen-bond donors (Lipinski definition) is 1. The minimum Gasteiger partial charge on any atom is -0.0767 e. The summed E-state index contributed by atoms with van der Waals surface area (Å²) in [6.07, 6.45) is 10.8. The first-order valence-corrected chi connectivity index (χ1v) is 14.6. The zero-order valence-electron chi connectivity index (χ0n) is 23.7. The van der Waals surface area contributed by atoms with Gasteiger partial charge in [-0.05, 0) is 61.9 Å².